The minimum absolute atomic E-state index is 0.0280. The Kier molecular flexibility index (Phi) is 7.52. The van der Waals surface area contributed by atoms with Gasteiger partial charge in [-0.1, -0.05) is 13.8 Å². The van der Waals surface area contributed by atoms with Crippen LogP contribution >= 0.6 is 0 Å². The number of hydrogen-bond donors (Lipinski definition) is 4. The quantitative estimate of drug-likeness (QED) is 0.507. The van der Waals surface area contributed by atoms with Crippen molar-refractivity contribution in [3.63, 3.8) is 0 Å². The fourth-order valence-corrected chi connectivity index (χ4v) is 1.75. The van der Waals surface area contributed by atoms with Gasteiger partial charge >= 0.3 is 12.0 Å². The van der Waals surface area contributed by atoms with Crippen LogP contribution in [0.2, 0.25) is 0 Å². The third-order valence-electron chi connectivity index (χ3n) is 2.73. The second-order valence-corrected chi connectivity index (χ2v) is 5.99. The number of amides is 2. The molecule has 0 aromatic heterocycles. The van der Waals surface area contributed by atoms with E-state index in [4.69, 9.17) is 5.11 Å². The van der Waals surface area contributed by atoms with E-state index in [1.807, 2.05) is 19.0 Å². The van der Waals surface area contributed by atoms with Gasteiger partial charge in [-0.2, -0.15) is 0 Å². The summed E-state index contributed by atoms with van der Waals surface area (Å²) in [5.74, 6) is -0.938. The van der Waals surface area contributed by atoms with Crippen LogP contribution in [0.3, 0.4) is 0 Å². The van der Waals surface area contributed by atoms with E-state index >= 15 is 0 Å². The van der Waals surface area contributed by atoms with Crippen LogP contribution in [0.1, 0.15) is 27.2 Å². The smallest absolute Gasteiger partial charge is 0.337 e. The first-order valence-electron chi connectivity index (χ1n) is 6.69. The molecule has 7 heteroatoms. The van der Waals surface area contributed by atoms with E-state index in [1.54, 1.807) is 0 Å². The zero-order valence-corrected chi connectivity index (χ0v) is 12.9. The van der Waals surface area contributed by atoms with Gasteiger partial charge in [0.25, 0.3) is 0 Å². The number of carboxylic acid groups (broad SMARTS) is 1. The summed E-state index contributed by atoms with van der Waals surface area (Å²) in [4.78, 5) is 24.4. The number of carboxylic acids is 1. The van der Waals surface area contributed by atoms with Gasteiger partial charge in [0.05, 0.1) is 6.54 Å². The van der Waals surface area contributed by atoms with Crippen molar-refractivity contribution < 1.29 is 19.8 Å². The summed E-state index contributed by atoms with van der Waals surface area (Å²) in [6.45, 7) is 5.63. The van der Waals surface area contributed by atoms with Gasteiger partial charge in [0.2, 0.25) is 0 Å². The fourth-order valence-electron chi connectivity index (χ4n) is 1.75. The molecule has 118 valence electrons. The highest BCUT2D eigenvalue weighted by molar-refractivity contribution is 5.79. The molecule has 2 atom stereocenters. The van der Waals surface area contributed by atoms with Crippen molar-refractivity contribution in [2.75, 3.05) is 27.2 Å². The molecule has 0 rings (SSSR count). The Labute approximate surface area is 120 Å². The molecule has 20 heavy (non-hydrogen) atoms. The number of aliphatic hydroxyl groups is 1. The Morgan fingerprint density at radius 1 is 1.30 bits per heavy atom. The summed E-state index contributed by atoms with van der Waals surface area (Å²) in [6, 6.07) is -0.501. The Balaban J connectivity index is 4.35. The van der Waals surface area contributed by atoms with Gasteiger partial charge in [-0.15, -0.1) is 0 Å². The van der Waals surface area contributed by atoms with Gasteiger partial charge < -0.3 is 25.7 Å². The molecular weight excluding hydrogens is 262 g/mol. The number of rotatable bonds is 8. The average Bonchev–Trinajstić information content (AvgIpc) is 2.24. The maximum atomic E-state index is 11.7. The van der Waals surface area contributed by atoms with E-state index in [-0.39, 0.29) is 12.6 Å². The Morgan fingerprint density at radius 2 is 1.85 bits per heavy atom. The highest BCUT2D eigenvalue weighted by Gasteiger charge is 2.30. The molecule has 4 N–H and O–H groups in total. The zero-order chi connectivity index (χ0) is 15.9. The van der Waals surface area contributed by atoms with Crippen LogP contribution in [0.15, 0.2) is 0 Å². The normalized spacial score (nSPS) is 15.8. The Hall–Kier alpha value is -1.34. The van der Waals surface area contributed by atoms with Crippen molar-refractivity contribution in [3.8, 4) is 0 Å². The summed E-state index contributed by atoms with van der Waals surface area (Å²) in [7, 11) is 3.84. The van der Waals surface area contributed by atoms with E-state index in [0.717, 1.165) is 13.3 Å². The number of urea groups is 1. The summed E-state index contributed by atoms with van der Waals surface area (Å²) in [5.41, 5.74) is -1.97. The maximum absolute atomic E-state index is 11.7. The summed E-state index contributed by atoms with van der Waals surface area (Å²) in [5, 5.41) is 23.4. The van der Waals surface area contributed by atoms with Gasteiger partial charge in [-0.25, -0.2) is 9.59 Å². The van der Waals surface area contributed by atoms with Crippen molar-refractivity contribution in [3.05, 3.63) is 0 Å². The molecule has 0 aliphatic rings. The lowest BCUT2D eigenvalue weighted by atomic mass is 10.0. The van der Waals surface area contributed by atoms with Gasteiger partial charge in [0, 0.05) is 12.6 Å². The molecule has 0 aliphatic heterocycles. The van der Waals surface area contributed by atoms with Gasteiger partial charge in [-0.3, -0.25) is 0 Å². The van der Waals surface area contributed by atoms with Gasteiger partial charge in [-0.05, 0) is 33.4 Å². The van der Waals surface area contributed by atoms with E-state index in [1.165, 1.54) is 0 Å². The van der Waals surface area contributed by atoms with E-state index in [9.17, 15) is 14.7 Å². The van der Waals surface area contributed by atoms with Crippen molar-refractivity contribution in [2.24, 2.45) is 5.92 Å². The predicted molar refractivity (Wildman–Crippen MR) is 76.6 cm³/mol. The van der Waals surface area contributed by atoms with Gasteiger partial charge in [0.1, 0.15) is 0 Å². The largest absolute Gasteiger partial charge is 0.479 e. The lowest BCUT2D eigenvalue weighted by Gasteiger charge is -2.25. The van der Waals surface area contributed by atoms with Crippen LogP contribution in [-0.4, -0.2) is 65.9 Å². The molecule has 0 aromatic rings. The SMILES string of the molecule is CC(C)CC(CN(C)C)NC(=O)NCC(C)(O)C(=O)O. The third-order valence-corrected chi connectivity index (χ3v) is 2.73. The minimum Gasteiger partial charge on any atom is -0.479 e. The van der Waals surface area contributed by atoms with E-state index < -0.39 is 17.6 Å². The lowest BCUT2D eigenvalue weighted by molar-refractivity contribution is -0.155. The first kappa shape index (κ1) is 18.7. The molecular formula is C13H27N3O4. The van der Waals surface area contributed by atoms with E-state index in [2.05, 4.69) is 24.5 Å². The van der Waals surface area contributed by atoms with Crippen molar-refractivity contribution in [1.82, 2.24) is 15.5 Å². The monoisotopic (exact) mass is 289 g/mol. The number of likely N-dealkylation sites (N-methyl/N-ethyl adjacent to an activating group) is 1. The Morgan fingerprint density at radius 3 is 2.25 bits per heavy atom. The summed E-state index contributed by atoms with van der Waals surface area (Å²) < 4.78 is 0. The zero-order valence-electron chi connectivity index (χ0n) is 12.9. The van der Waals surface area contributed by atoms with Gasteiger partial charge in [0.15, 0.2) is 5.60 Å². The molecule has 0 heterocycles. The van der Waals surface area contributed by atoms with Crippen LogP contribution in [0, 0.1) is 5.92 Å². The molecule has 0 spiro atoms. The molecule has 7 nitrogen and oxygen atoms in total. The van der Waals surface area contributed by atoms with Crippen molar-refractivity contribution >= 4 is 12.0 Å². The molecule has 0 bridgehead atoms. The van der Waals surface area contributed by atoms with Crippen molar-refractivity contribution in [2.45, 2.75) is 38.8 Å². The van der Waals surface area contributed by atoms with Crippen LogP contribution in [0.4, 0.5) is 4.79 Å². The number of aliphatic carboxylic acids is 1. The third kappa shape index (κ3) is 7.96. The molecule has 2 amide bonds. The molecule has 0 fully saturated rings. The fraction of sp³-hybridized carbons (Fsp3) is 0.846. The molecule has 0 aliphatic carbocycles. The standard InChI is InChI=1S/C13H27N3O4/c1-9(2)6-10(7-16(4)5)15-12(19)14-8-13(3,20)11(17)18/h9-10,20H,6-8H2,1-5H3,(H,17,18)(H2,14,15,19). The summed E-state index contributed by atoms with van der Waals surface area (Å²) >= 11 is 0. The molecule has 0 saturated carbocycles. The van der Waals surface area contributed by atoms with Crippen LogP contribution in [-0.2, 0) is 4.79 Å². The average molecular weight is 289 g/mol. The van der Waals surface area contributed by atoms with Crippen LogP contribution in [0.25, 0.3) is 0 Å². The number of hydrogen-bond acceptors (Lipinski definition) is 4. The topological polar surface area (TPSA) is 102 Å². The molecule has 2 unspecified atom stereocenters. The lowest BCUT2D eigenvalue weighted by Crippen LogP contribution is -2.52. The molecule has 0 saturated heterocycles. The first-order valence-corrected chi connectivity index (χ1v) is 6.69. The van der Waals surface area contributed by atoms with Crippen LogP contribution < -0.4 is 10.6 Å². The second kappa shape index (κ2) is 8.06. The minimum atomic E-state index is -1.97. The molecule has 0 aromatic carbocycles. The van der Waals surface area contributed by atoms with E-state index in [0.29, 0.717) is 12.5 Å². The number of nitrogens with zero attached hydrogens (tertiary/aromatic N) is 1. The maximum Gasteiger partial charge on any atom is 0.337 e. The molecule has 0 radical (unpaired) electrons. The predicted octanol–water partition coefficient (Wildman–Crippen LogP) is 0.0975. The first-order chi connectivity index (χ1) is 9.04. The highest BCUT2D eigenvalue weighted by atomic mass is 16.4. The number of carbonyl (C=O) groups excluding carboxylic acids is 1. The highest BCUT2D eigenvalue weighted by Crippen LogP contribution is 2.06. The number of carbonyl (C=O) groups is 2. The van der Waals surface area contributed by atoms with Crippen molar-refractivity contribution in [1.29, 1.82) is 0 Å². The second-order valence-electron chi connectivity index (χ2n) is 5.99. The number of nitrogens with one attached hydrogen (secondary N) is 2. The van der Waals surface area contributed by atoms with Crippen LogP contribution in [0.5, 0.6) is 0 Å². The Bertz CT molecular complexity index is 320. The summed E-state index contributed by atoms with van der Waals surface area (Å²) in [6.07, 6.45) is 0.820.